The quantitative estimate of drug-likeness (QED) is 0.121. The molecule has 6 nitrogen and oxygen atoms in total. The van der Waals surface area contributed by atoms with Gasteiger partial charge in [0, 0.05) is 36.1 Å². The summed E-state index contributed by atoms with van der Waals surface area (Å²) in [4.78, 5) is 52.3. The summed E-state index contributed by atoms with van der Waals surface area (Å²) >= 11 is 0. The number of hydrogen-bond acceptors (Lipinski definition) is 6. The van der Waals surface area contributed by atoms with Crippen LogP contribution in [-0.2, 0) is 30.3 Å². The number of Topliss-reactive ketones (excluding diaryl/α,β-unsaturated/α-hetero) is 2. The van der Waals surface area contributed by atoms with Crippen LogP contribution in [0, 0.1) is 23.7 Å². The second kappa shape index (κ2) is 14.4. The predicted molar refractivity (Wildman–Crippen MR) is 166 cm³/mol. The molecule has 0 aromatic heterocycles. The minimum Gasteiger partial charge on any atom is -0.445 e. The normalized spacial score (nSPS) is 12.9. The fraction of sp³-hybridized carbons (Fsp3) is 0.158. The topological polar surface area (TPSA) is 86.7 Å². The molecule has 44 heavy (non-hydrogen) atoms. The minimum atomic E-state index is -1.71. The lowest BCUT2D eigenvalue weighted by molar-refractivity contribution is -0.154. The monoisotopic (exact) mass is 582 g/mol. The molecule has 6 heteroatoms. The van der Waals surface area contributed by atoms with E-state index in [1.165, 1.54) is 13.8 Å². The molecule has 0 heterocycles. The highest BCUT2D eigenvalue weighted by molar-refractivity contribution is 6.05. The molecule has 0 aliphatic carbocycles. The van der Waals surface area contributed by atoms with Crippen LogP contribution < -0.4 is 0 Å². The number of carbonyl (C=O) groups is 4. The third-order valence-electron chi connectivity index (χ3n) is 6.84. The molecule has 0 radical (unpaired) electrons. The zero-order valence-electron chi connectivity index (χ0n) is 24.4. The largest absolute Gasteiger partial charge is 0.445 e. The van der Waals surface area contributed by atoms with E-state index in [0.717, 1.165) is 0 Å². The minimum absolute atomic E-state index is 0.171. The van der Waals surface area contributed by atoms with Gasteiger partial charge in [0.1, 0.15) is 0 Å². The van der Waals surface area contributed by atoms with Crippen molar-refractivity contribution in [3.05, 3.63) is 144 Å². The number of ketones is 2. The fourth-order valence-electron chi connectivity index (χ4n) is 4.89. The van der Waals surface area contributed by atoms with Crippen molar-refractivity contribution >= 4 is 23.5 Å². The van der Waals surface area contributed by atoms with E-state index < -0.39 is 34.7 Å². The average molecular weight is 583 g/mol. The predicted octanol–water partition coefficient (Wildman–Crippen LogP) is 6.46. The summed E-state index contributed by atoms with van der Waals surface area (Å²) in [5.74, 6) is 9.14. The van der Waals surface area contributed by atoms with Gasteiger partial charge in [0.25, 0.3) is 0 Å². The Morgan fingerprint density at radius 3 is 1.09 bits per heavy atom. The Morgan fingerprint density at radius 1 is 0.500 bits per heavy atom. The van der Waals surface area contributed by atoms with E-state index >= 15 is 0 Å². The van der Waals surface area contributed by atoms with E-state index in [0.29, 0.717) is 22.3 Å². The highest BCUT2D eigenvalue weighted by Gasteiger charge is 2.44. The van der Waals surface area contributed by atoms with Crippen molar-refractivity contribution in [3.8, 4) is 23.7 Å². The van der Waals surface area contributed by atoms with Gasteiger partial charge in [-0.3, -0.25) is 19.2 Å². The van der Waals surface area contributed by atoms with Crippen molar-refractivity contribution in [2.75, 3.05) is 0 Å². The van der Waals surface area contributed by atoms with Gasteiger partial charge in [-0.1, -0.05) is 133 Å². The zero-order chi connectivity index (χ0) is 31.4. The molecule has 218 valence electrons. The summed E-state index contributed by atoms with van der Waals surface area (Å²) in [7, 11) is 0. The lowest BCUT2D eigenvalue weighted by atomic mass is 9.82. The maximum absolute atomic E-state index is 13.9. The summed E-state index contributed by atoms with van der Waals surface area (Å²) in [5, 5.41) is 0. The van der Waals surface area contributed by atoms with Gasteiger partial charge >= 0.3 is 11.9 Å². The van der Waals surface area contributed by atoms with E-state index in [9.17, 15) is 19.2 Å². The number of hydrogen-bond donors (Lipinski definition) is 0. The Kier molecular flexibility index (Phi) is 10.3. The molecule has 4 rings (SSSR count). The molecule has 0 aliphatic rings. The molecular weight excluding hydrogens is 552 g/mol. The molecule has 0 bridgehead atoms. The first-order valence-corrected chi connectivity index (χ1v) is 13.9. The Balaban J connectivity index is 1.72. The van der Waals surface area contributed by atoms with Crippen molar-refractivity contribution in [2.24, 2.45) is 0 Å². The molecule has 0 saturated carbocycles. The summed E-state index contributed by atoms with van der Waals surface area (Å²) in [6.45, 7) is 2.48. The maximum Gasteiger partial charge on any atom is 0.304 e. The molecule has 2 unspecified atom stereocenters. The lowest BCUT2D eigenvalue weighted by Crippen LogP contribution is -2.40. The smallest absolute Gasteiger partial charge is 0.304 e. The van der Waals surface area contributed by atoms with Gasteiger partial charge in [0.05, 0.1) is 12.8 Å². The first kappa shape index (κ1) is 31.2. The number of benzene rings is 4. The third kappa shape index (κ3) is 7.18. The van der Waals surface area contributed by atoms with E-state index in [2.05, 4.69) is 23.7 Å². The van der Waals surface area contributed by atoms with Crippen LogP contribution in [0.3, 0.4) is 0 Å². The summed E-state index contributed by atoms with van der Waals surface area (Å²) in [5.41, 5.74) is -1.76. The number of esters is 2. The Labute approximate surface area is 257 Å². The fourth-order valence-corrected chi connectivity index (χ4v) is 4.89. The second-order valence-electron chi connectivity index (χ2n) is 9.92. The molecule has 0 fully saturated rings. The molecule has 0 saturated heterocycles. The highest BCUT2D eigenvalue weighted by atomic mass is 16.6. The van der Waals surface area contributed by atoms with Crippen molar-refractivity contribution in [3.63, 3.8) is 0 Å². The van der Waals surface area contributed by atoms with Crippen LogP contribution in [0.15, 0.2) is 121 Å². The van der Waals surface area contributed by atoms with E-state index in [4.69, 9.17) is 9.47 Å². The van der Waals surface area contributed by atoms with Crippen LogP contribution >= 0.6 is 0 Å². The van der Waals surface area contributed by atoms with Crippen LogP contribution in [0.4, 0.5) is 0 Å². The van der Waals surface area contributed by atoms with E-state index in [1.807, 2.05) is 0 Å². The van der Waals surface area contributed by atoms with Crippen molar-refractivity contribution in [2.45, 2.75) is 37.9 Å². The maximum atomic E-state index is 13.9. The van der Waals surface area contributed by atoms with Gasteiger partial charge in [-0.05, 0) is 11.8 Å². The Hall–Kier alpha value is -5.72. The summed E-state index contributed by atoms with van der Waals surface area (Å²) < 4.78 is 11.5. The van der Waals surface area contributed by atoms with Crippen molar-refractivity contribution in [1.29, 1.82) is 0 Å². The van der Waals surface area contributed by atoms with Gasteiger partial charge in [-0.15, -0.1) is 0 Å². The summed E-state index contributed by atoms with van der Waals surface area (Å²) in [6.07, 6.45) is -0.342. The first-order chi connectivity index (χ1) is 21.3. The second-order valence-corrected chi connectivity index (χ2v) is 9.92. The molecule has 0 N–H and O–H groups in total. The SMILES string of the molecule is CC(=O)OC(CC#CC#CCC(OC(C)=O)(C(=O)c1ccccc1)c1ccccc1)(C(=O)c1ccccc1)c1ccccc1. The number of rotatable bonds is 10. The van der Waals surface area contributed by atoms with Crippen LogP contribution in [0.5, 0.6) is 0 Å². The highest BCUT2D eigenvalue weighted by Crippen LogP contribution is 2.35. The molecule has 4 aromatic rings. The first-order valence-electron chi connectivity index (χ1n) is 13.9. The van der Waals surface area contributed by atoms with Crippen LogP contribution in [0.1, 0.15) is 58.5 Å². The Bertz CT molecular complexity index is 1610. The third-order valence-corrected chi connectivity index (χ3v) is 6.84. The Morgan fingerprint density at radius 2 is 0.795 bits per heavy atom. The molecule has 2 atom stereocenters. The van der Waals surface area contributed by atoms with Gasteiger partial charge < -0.3 is 9.47 Å². The van der Waals surface area contributed by atoms with Gasteiger partial charge in [0.15, 0.2) is 0 Å². The van der Waals surface area contributed by atoms with Crippen molar-refractivity contribution in [1.82, 2.24) is 0 Å². The molecular formula is C38H30O6. The molecule has 0 aliphatic heterocycles. The average Bonchev–Trinajstić information content (AvgIpc) is 3.05. The van der Waals surface area contributed by atoms with Crippen LogP contribution in [0.2, 0.25) is 0 Å². The lowest BCUT2D eigenvalue weighted by Gasteiger charge is -2.31. The zero-order valence-corrected chi connectivity index (χ0v) is 24.4. The van der Waals surface area contributed by atoms with Gasteiger partial charge in [0.2, 0.25) is 22.8 Å². The number of ether oxygens (including phenoxy) is 2. The summed E-state index contributed by atoms with van der Waals surface area (Å²) in [6, 6.07) is 34.5. The standard InChI is InChI=1S/C38H30O6/c1-29(39)43-37(33-23-13-7-14-24-33,35(41)31-19-9-5-10-20-31)27-17-3-4-18-28-38(44-30(2)40,34-25-15-8-16-26-34)36(42)32-21-11-6-12-22-32/h5-16,19-26H,27-28H2,1-2H3. The van der Waals surface area contributed by atoms with Crippen molar-refractivity contribution < 1.29 is 28.7 Å². The number of carbonyl (C=O) groups excluding carboxylic acids is 4. The van der Waals surface area contributed by atoms with Crippen LogP contribution in [-0.4, -0.2) is 23.5 Å². The van der Waals surface area contributed by atoms with E-state index in [1.54, 1.807) is 121 Å². The van der Waals surface area contributed by atoms with E-state index in [-0.39, 0.29) is 12.8 Å². The molecule has 0 spiro atoms. The molecule has 4 aromatic carbocycles. The molecule has 0 amide bonds. The van der Waals surface area contributed by atoms with Gasteiger partial charge in [-0.25, -0.2) is 0 Å². The van der Waals surface area contributed by atoms with Gasteiger partial charge in [-0.2, -0.15) is 0 Å². The van der Waals surface area contributed by atoms with Crippen LogP contribution in [0.25, 0.3) is 0 Å².